The van der Waals surface area contributed by atoms with Gasteiger partial charge in [0.15, 0.2) is 0 Å². The van der Waals surface area contributed by atoms with Gasteiger partial charge in [0.1, 0.15) is 5.69 Å². The number of aryl methyl sites for hydroxylation is 1. The van der Waals surface area contributed by atoms with Crippen LogP contribution in [-0.4, -0.2) is 14.7 Å². The molecule has 0 aliphatic heterocycles. The quantitative estimate of drug-likeness (QED) is 0.410. The first-order valence-corrected chi connectivity index (χ1v) is 4.31. The maximum absolute atomic E-state index is 10.4. The first kappa shape index (κ1) is 9.32. The highest BCUT2D eigenvalue weighted by Gasteiger charge is 2.09. The van der Waals surface area contributed by atoms with Gasteiger partial charge >= 0.3 is 0 Å². The Hall–Kier alpha value is -2.24. The van der Waals surface area contributed by atoms with Gasteiger partial charge in [0.05, 0.1) is 12.0 Å². The second kappa shape index (κ2) is 3.49. The van der Waals surface area contributed by atoms with Crippen molar-refractivity contribution in [1.29, 1.82) is 0 Å². The summed E-state index contributed by atoms with van der Waals surface area (Å²) in [6.45, 7) is 0. The lowest BCUT2D eigenvalue weighted by Gasteiger charge is -1.92. The molecule has 6 nitrogen and oxygen atoms in total. The first-order chi connectivity index (χ1) is 7.16. The van der Waals surface area contributed by atoms with Crippen LogP contribution in [0.25, 0.3) is 5.69 Å². The molecule has 1 heterocycles. The zero-order valence-electron chi connectivity index (χ0n) is 8.07. The predicted octanol–water partition coefficient (Wildman–Crippen LogP) is 0.605. The third-order valence-corrected chi connectivity index (χ3v) is 1.97. The van der Waals surface area contributed by atoms with E-state index in [1.54, 1.807) is 34.0 Å². The van der Waals surface area contributed by atoms with Crippen molar-refractivity contribution in [2.45, 2.75) is 0 Å². The van der Waals surface area contributed by atoms with E-state index in [1.807, 2.05) is 7.05 Å². The van der Waals surface area contributed by atoms with Crippen molar-refractivity contribution in [3.63, 3.8) is 0 Å². The molecule has 1 aromatic carbocycles. The van der Waals surface area contributed by atoms with Crippen LogP contribution in [0.1, 0.15) is 0 Å². The Bertz CT molecular complexity index is 489. The molecule has 15 heavy (non-hydrogen) atoms. The largest absolute Gasteiger partial charge is 0.269 e. The molecular weight excluding hydrogens is 196 g/mol. The SMILES string of the molecule is C[n+]1cnn(-c2ccc([N+](=O)[O-])cc2)c1. The summed E-state index contributed by atoms with van der Waals surface area (Å²) in [4.78, 5) is 10.0. The summed E-state index contributed by atoms with van der Waals surface area (Å²) in [6.07, 6.45) is 3.43. The molecule has 0 aliphatic carbocycles. The lowest BCUT2D eigenvalue weighted by atomic mass is 10.3. The molecule has 0 radical (unpaired) electrons. The number of rotatable bonds is 2. The predicted molar refractivity (Wildman–Crippen MR) is 51.4 cm³/mol. The van der Waals surface area contributed by atoms with E-state index in [9.17, 15) is 10.1 Å². The Morgan fingerprint density at radius 3 is 2.53 bits per heavy atom. The topological polar surface area (TPSA) is 64.8 Å². The normalized spacial score (nSPS) is 10.2. The molecule has 76 valence electrons. The van der Waals surface area contributed by atoms with Gasteiger partial charge in [-0.2, -0.15) is 0 Å². The monoisotopic (exact) mass is 205 g/mol. The van der Waals surface area contributed by atoms with Crippen molar-refractivity contribution in [3.8, 4) is 5.69 Å². The fraction of sp³-hybridized carbons (Fsp3) is 0.111. The molecule has 0 amide bonds. The summed E-state index contributed by atoms with van der Waals surface area (Å²) >= 11 is 0. The van der Waals surface area contributed by atoms with E-state index in [4.69, 9.17) is 0 Å². The van der Waals surface area contributed by atoms with Crippen LogP contribution in [0.2, 0.25) is 0 Å². The molecule has 2 aromatic rings. The average Bonchev–Trinajstić information content (AvgIpc) is 2.65. The number of aromatic nitrogens is 3. The van der Waals surface area contributed by atoms with Gasteiger partial charge in [0.2, 0.25) is 6.33 Å². The van der Waals surface area contributed by atoms with Crippen LogP contribution >= 0.6 is 0 Å². The van der Waals surface area contributed by atoms with Crippen LogP contribution in [0, 0.1) is 10.1 Å². The van der Waals surface area contributed by atoms with E-state index in [-0.39, 0.29) is 5.69 Å². The third-order valence-electron chi connectivity index (χ3n) is 1.97. The highest BCUT2D eigenvalue weighted by Crippen LogP contribution is 2.13. The molecule has 2 rings (SSSR count). The van der Waals surface area contributed by atoms with Crippen LogP contribution < -0.4 is 4.57 Å². The smallest absolute Gasteiger partial charge is 0.258 e. The highest BCUT2D eigenvalue weighted by molar-refractivity contribution is 5.39. The molecule has 0 saturated heterocycles. The highest BCUT2D eigenvalue weighted by atomic mass is 16.6. The summed E-state index contributed by atoms with van der Waals surface area (Å²) in [5, 5.41) is 14.5. The standard InChI is InChI=1S/C9H9N4O2/c1-11-6-10-12(7-11)8-2-4-9(5-3-8)13(14)15/h2-7H,1H3/q+1. The molecule has 1 aromatic heterocycles. The van der Waals surface area contributed by atoms with Crippen LogP contribution in [0.5, 0.6) is 0 Å². The Morgan fingerprint density at radius 1 is 1.40 bits per heavy atom. The lowest BCUT2D eigenvalue weighted by molar-refractivity contribution is -0.672. The van der Waals surface area contributed by atoms with Crippen molar-refractivity contribution in [2.24, 2.45) is 7.05 Å². The molecule has 6 heteroatoms. The average molecular weight is 205 g/mol. The lowest BCUT2D eigenvalue weighted by Crippen LogP contribution is -2.23. The number of hydrogen-bond acceptors (Lipinski definition) is 3. The number of benzene rings is 1. The van der Waals surface area contributed by atoms with E-state index in [0.717, 1.165) is 5.69 Å². The third kappa shape index (κ3) is 1.83. The van der Waals surface area contributed by atoms with E-state index in [0.29, 0.717) is 0 Å². The number of nitrogens with zero attached hydrogens (tertiary/aromatic N) is 4. The second-order valence-electron chi connectivity index (χ2n) is 3.13. The maximum Gasteiger partial charge on any atom is 0.269 e. The molecular formula is C9H9N4O2+. The van der Waals surface area contributed by atoms with Gasteiger partial charge in [-0.05, 0) is 12.1 Å². The van der Waals surface area contributed by atoms with Gasteiger partial charge in [-0.25, -0.2) is 4.57 Å². The van der Waals surface area contributed by atoms with E-state index >= 15 is 0 Å². The van der Waals surface area contributed by atoms with Crippen molar-refractivity contribution in [1.82, 2.24) is 9.78 Å². The Morgan fingerprint density at radius 2 is 2.07 bits per heavy atom. The van der Waals surface area contributed by atoms with Crippen molar-refractivity contribution in [2.75, 3.05) is 0 Å². The molecule has 0 spiro atoms. The minimum atomic E-state index is -0.424. The van der Waals surface area contributed by atoms with E-state index < -0.39 is 4.92 Å². The van der Waals surface area contributed by atoms with Crippen LogP contribution in [0.3, 0.4) is 0 Å². The Kier molecular flexibility index (Phi) is 2.17. The summed E-state index contributed by atoms with van der Waals surface area (Å²) in [7, 11) is 1.86. The van der Waals surface area contributed by atoms with Gasteiger partial charge in [0.25, 0.3) is 12.0 Å². The second-order valence-corrected chi connectivity index (χ2v) is 3.13. The number of non-ortho nitro benzene ring substituents is 1. The summed E-state index contributed by atoms with van der Waals surface area (Å²) in [5.74, 6) is 0. The summed E-state index contributed by atoms with van der Waals surface area (Å²) in [5.41, 5.74) is 0.872. The van der Waals surface area contributed by atoms with Crippen LogP contribution in [-0.2, 0) is 7.05 Å². The van der Waals surface area contributed by atoms with Gasteiger partial charge in [-0.15, -0.1) is 0 Å². The maximum atomic E-state index is 10.4. The molecule has 0 unspecified atom stereocenters. The minimum Gasteiger partial charge on any atom is -0.258 e. The van der Waals surface area contributed by atoms with E-state index in [2.05, 4.69) is 5.10 Å². The van der Waals surface area contributed by atoms with Crippen molar-refractivity contribution >= 4 is 5.69 Å². The zero-order chi connectivity index (χ0) is 10.8. The van der Waals surface area contributed by atoms with Gasteiger partial charge in [-0.3, -0.25) is 10.1 Å². The fourth-order valence-corrected chi connectivity index (χ4v) is 1.23. The van der Waals surface area contributed by atoms with E-state index in [1.165, 1.54) is 12.1 Å². The van der Waals surface area contributed by atoms with Crippen LogP contribution in [0.15, 0.2) is 36.9 Å². The number of nitro benzene ring substituents is 1. The van der Waals surface area contributed by atoms with Crippen LogP contribution in [0.4, 0.5) is 5.69 Å². The van der Waals surface area contributed by atoms with Crippen molar-refractivity contribution in [3.05, 3.63) is 47.0 Å². The fourth-order valence-electron chi connectivity index (χ4n) is 1.23. The number of nitro groups is 1. The minimum absolute atomic E-state index is 0.0790. The van der Waals surface area contributed by atoms with Gasteiger partial charge < -0.3 is 0 Å². The van der Waals surface area contributed by atoms with Gasteiger partial charge in [0, 0.05) is 17.2 Å². The van der Waals surface area contributed by atoms with Gasteiger partial charge in [-0.1, -0.05) is 4.68 Å². The Labute approximate surface area is 85.5 Å². The molecule has 0 saturated carbocycles. The number of hydrogen-bond donors (Lipinski definition) is 0. The molecule has 0 aliphatic rings. The molecule has 0 bridgehead atoms. The molecule has 0 N–H and O–H groups in total. The molecule has 0 fully saturated rings. The first-order valence-electron chi connectivity index (χ1n) is 4.31. The summed E-state index contributed by atoms with van der Waals surface area (Å²) in [6, 6.07) is 6.23. The molecule has 0 atom stereocenters. The Balaban J connectivity index is 2.35. The zero-order valence-corrected chi connectivity index (χ0v) is 8.07. The van der Waals surface area contributed by atoms with Crippen molar-refractivity contribution < 1.29 is 9.49 Å². The summed E-state index contributed by atoms with van der Waals surface area (Å²) < 4.78 is 3.44.